The second-order valence-corrected chi connectivity index (χ2v) is 6.56. The van der Waals surface area contributed by atoms with Crippen LogP contribution in [0.4, 0.5) is 5.69 Å². The van der Waals surface area contributed by atoms with Crippen LogP contribution in [0.1, 0.15) is 37.0 Å². The van der Waals surface area contributed by atoms with Crippen molar-refractivity contribution < 1.29 is 9.53 Å². The van der Waals surface area contributed by atoms with Gasteiger partial charge in [0.2, 0.25) is 0 Å². The number of piperidine rings is 1. The van der Waals surface area contributed by atoms with Crippen LogP contribution >= 0.6 is 0 Å². The SMILES string of the molecule is CCOc1ccc(C(=O)NC2CCN(c3cnn(CC)c(=O)c3)CC2)cc1. The third kappa shape index (κ3) is 4.67. The standard InChI is InChI=1S/C20H26N4O3/c1-3-24-19(25)13-17(14-21-24)23-11-9-16(10-12-23)22-20(26)15-5-7-18(8-6-15)27-4-2/h5-8,13-14,16H,3-4,9-12H2,1-2H3,(H,22,26). The van der Waals surface area contributed by atoms with Gasteiger partial charge in [0.25, 0.3) is 11.5 Å². The van der Waals surface area contributed by atoms with Crippen LogP contribution in [-0.2, 0) is 6.54 Å². The van der Waals surface area contributed by atoms with Gasteiger partial charge in [-0.1, -0.05) is 0 Å². The lowest BCUT2D eigenvalue weighted by molar-refractivity contribution is 0.0931. The Morgan fingerprint density at radius 2 is 1.93 bits per heavy atom. The van der Waals surface area contributed by atoms with Crippen molar-refractivity contribution in [2.75, 3.05) is 24.6 Å². The zero-order valence-electron chi connectivity index (χ0n) is 15.9. The van der Waals surface area contributed by atoms with E-state index in [1.165, 1.54) is 4.68 Å². The fraction of sp³-hybridized carbons (Fsp3) is 0.450. The molecule has 1 N–H and O–H groups in total. The minimum atomic E-state index is -0.0825. The van der Waals surface area contributed by atoms with E-state index in [-0.39, 0.29) is 17.5 Å². The Balaban J connectivity index is 1.53. The van der Waals surface area contributed by atoms with Crippen molar-refractivity contribution in [2.45, 2.75) is 39.3 Å². The molecule has 0 unspecified atom stereocenters. The molecule has 1 fully saturated rings. The van der Waals surface area contributed by atoms with Crippen LogP contribution in [-0.4, -0.2) is 41.4 Å². The van der Waals surface area contributed by atoms with E-state index < -0.39 is 0 Å². The van der Waals surface area contributed by atoms with Crippen molar-refractivity contribution in [1.29, 1.82) is 0 Å². The second-order valence-electron chi connectivity index (χ2n) is 6.56. The first-order valence-corrected chi connectivity index (χ1v) is 9.46. The average Bonchev–Trinajstić information content (AvgIpc) is 2.69. The van der Waals surface area contributed by atoms with Crippen molar-refractivity contribution in [3.63, 3.8) is 0 Å². The summed E-state index contributed by atoms with van der Waals surface area (Å²) in [5.74, 6) is 0.699. The number of aromatic nitrogens is 2. The summed E-state index contributed by atoms with van der Waals surface area (Å²) in [5, 5.41) is 7.28. The van der Waals surface area contributed by atoms with Crippen LogP contribution in [0, 0.1) is 0 Å². The maximum atomic E-state index is 12.4. The van der Waals surface area contributed by atoms with Gasteiger partial charge in [0.05, 0.1) is 18.5 Å². The fourth-order valence-electron chi connectivity index (χ4n) is 3.25. The van der Waals surface area contributed by atoms with E-state index >= 15 is 0 Å². The summed E-state index contributed by atoms with van der Waals surface area (Å²) in [7, 11) is 0. The molecule has 3 rings (SSSR count). The highest BCUT2D eigenvalue weighted by Crippen LogP contribution is 2.18. The molecule has 144 valence electrons. The Morgan fingerprint density at radius 1 is 1.22 bits per heavy atom. The number of nitrogens with zero attached hydrogens (tertiary/aromatic N) is 3. The van der Waals surface area contributed by atoms with Crippen molar-refractivity contribution in [2.24, 2.45) is 0 Å². The lowest BCUT2D eigenvalue weighted by Crippen LogP contribution is -2.45. The highest BCUT2D eigenvalue weighted by molar-refractivity contribution is 5.94. The molecule has 0 atom stereocenters. The number of aryl methyl sites for hydroxylation is 1. The molecule has 1 amide bonds. The van der Waals surface area contributed by atoms with Gasteiger partial charge in [-0.3, -0.25) is 9.59 Å². The number of benzene rings is 1. The predicted octanol–water partition coefficient (Wildman–Crippen LogP) is 2.06. The van der Waals surface area contributed by atoms with Gasteiger partial charge in [0, 0.05) is 37.3 Å². The van der Waals surface area contributed by atoms with Gasteiger partial charge in [0.1, 0.15) is 5.75 Å². The lowest BCUT2D eigenvalue weighted by atomic mass is 10.0. The van der Waals surface area contributed by atoms with E-state index in [4.69, 9.17) is 4.74 Å². The number of carbonyl (C=O) groups is 1. The molecule has 1 aromatic carbocycles. The van der Waals surface area contributed by atoms with Gasteiger partial charge >= 0.3 is 0 Å². The molecule has 2 heterocycles. The molecule has 7 heteroatoms. The molecule has 0 bridgehead atoms. The monoisotopic (exact) mass is 370 g/mol. The van der Waals surface area contributed by atoms with E-state index in [1.807, 2.05) is 26.0 Å². The minimum absolute atomic E-state index is 0.0660. The van der Waals surface area contributed by atoms with Gasteiger partial charge in [-0.15, -0.1) is 0 Å². The summed E-state index contributed by atoms with van der Waals surface area (Å²) in [6.07, 6.45) is 3.41. The fourth-order valence-corrected chi connectivity index (χ4v) is 3.25. The topological polar surface area (TPSA) is 76.5 Å². The second kappa shape index (κ2) is 8.70. The van der Waals surface area contributed by atoms with E-state index in [2.05, 4.69) is 15.3 Å². The third-order valence-electron chi connectivity index (χ3n) is 4.78. The number of hydrogen-bond acceptors (Lipinski definition) is 5. The number of nitrogens with one attached hydrogen (secondary N) is 1. The highest BCUT2D eigenvalue weighted by Gasteiger charge is 2.22. The van der Waals surface area contributed by atoms with Gasteiger partial charge in [-0.2, -0.15) is 5.10 Å². The Labute approximate surface area is 158 Å². The summed E-state index contributed by atoms with van der Waals surface area (Å²) >= 11 is 0. The molecular weight excluding hydrogens is 344 g/mol. The smallest absolute Gasteiger partial charge is 0.268 e. The first-order chi connectivity index (χ1) is 13.1. The van der Waals surface area contributed by atoms with Crippen molar-refractivity contribution in [3.05, 3.63) is 52.4 Å². The predicted molar refractivity (Wildman–Crippen MR) is 104 cm³/mol. The van der Waals surface area contributed by atoms with Gasteiger partial charge in [0.15, 0.2) is 0 Å². The van der Waals surface area contributed by atoms with Crippen LogP contribution < -0.4 is 20.5 Å². The molecule has 0 spiro atoms. The van der Waals surface area contributed by atoms with Crippen LogP contribution in [0.5, 0.6) is 5.75 Å². The summed E-state index contributed by atoms with van der Waals surface area (Å²) in [5.41, 5.74) is 1.40. The van der Waals surface area contributed by atoms with Gasteiger partial charge in [-0.25, -0.2) is 4.68 Å². The normalized spacial score (nSPS) is 14.8. The van der Waals surface area contributed by atoms with Crippen molar-refractivity contribution >= 4 is 11.6 Å². The first kappa shape index (κ1) is 18.9. The maximum Gasteiger partial charge on any atom is 0.268 e. The summed E-state index contributed by atoms with van der Waals surface area (Å²) in [6, 6.07) is 8.95. The molecule has 1 aliphatic rings. The number of hydrogen-bond donors (Lipinski definition) is 1. The zero-order chi connectivity index (χ0) is 19.2. The molecule has 0 aliphatic carbocycles. The number of anilines is 1. The van der Waals surface area contributed by atoms with E-state index in [1.54, 1.807) is 24.4 Å². The molecule has 7 nitrogen and oxygen atoms in total. The van der Waals surface area contributed by atoms with Crippen LogP contribution in [0.3, 0.4) is 0 Å². The van der Waals surface area contributed by atoms with Crippen LogP contribution in [0.2, 0.25) is 0 Å². The molecular formula is C20H26N4O3. The molecule has 1 saturated heterocycles. The molecule has 0 radical (unpaired) electrons. The largest absolute Gasteiger partial charge is 0.494 e. The van der Waals surface area contributed by atoms with E-state index in [9.17, 15) is 9.59 Å². The highest BCUT2D eigenvalue weighted by atomic mass is 16.5. The summed E-state index contributed by atoms with van der Waals surface area (Å²) in [6.45, 7) is 6.56. The Morgan fingerprint density at radius 3 is 2.52 bits per heavy atom. The number of ether oxygens (including phenoxy) is 1. The molecule has 0 saturated carbocycles. The summed E-state index contributed by atoms with van der Waals surface area (Å²) < 4.78 is 6.84. The Kier molecular flexibility index (Phi) is 6.11. The quantitative estimate of drug-likeness (QED) is 0.842. The summed E-state index contributed by atoms with van der Waals surface area (Å²) in [4.78, 5) is 26.5. The zero-order valence-corrected chi connectivity index (χ0v) is 15.9. The Hall–Kier alpha value is -2.83. The number of rotatable bonds is 6. The molecule has 1 aliphatic heterocycles. The number of carbonyl (C=O) groups excluding carboxylic acids is 1. The van der Waals surface area contributed by atoms with Crippen molar-refractivity contribution in [1.82, 2.24) is 15.1 Å². The third-order valence-corrected chi connectivity index (χ3v) is 4.78. The maximum absolute atomic E-state index is 12.4. The van der Waals surface area contributed by atoms with E-state index in [0.29, 0.717) is 18.7 Å². The van der Waals surface area contributed by atoms with Crippen LogP contribution in [0.25, 0.3) is 0 Å². The Bertz CT molecular complexity index is 824. The number of amides is 1. The molecule has 1 aromatic heterocycles. The van der Waals surface area contributed by atoms with Crippen molar-refractivity contribution in [3.8, 4) is 5.75 Å². The molecule has 2 aromatic rings. The van der Waals surface area contributed by atoms with Crippen LogP contribution in [0.15, 0.2) is 41.3 Å². The minimum Gasteiger partial charge on any atom is -0.494 e. The van der Waals surface area contributed by atoms with Gasteiger partial charge in [-0.05, 0) is 51.0 Å². The van der Waals surface area contributed by atoms with Gasteiger partial charge < -0.3 is 15.0 Å². The lowest BCUT2D eigenvalue weighted by Gasteiger charge is -2.33. The van der Waals surface area contributed by atoms with E-state index in [0.717, 1.165) is 37.4 Å². The molecule has 27 heavy (non-hydrogen) atoms. The first-order valence-electron chi connectivity index (χ1n) is 9.46. The average molecular weight is 370 g/mol.